The number of methoxy groups -OCH3 is 1. The van der Waals surface area contributed by atoms with Gasteiger partial charge in [-0.1, -0.05) is 32.3 Å². The topological polar surface area (TPSA) is 133 Å². The lowest BCUT2D eigenvalue weighted by Crippen LogP contribution is -2.35. The molecule has 0 spiro atoms. The Bertz CT molecular complexity index is 1680. The van der Waals surface area contributed by atoms with Crippen LogP contribution in [0.15, 0.2) is 36.7 Å². The van der Waals surface area contributed by atoms with E-state index in [-0.39, 0.29) is 29.1 Å². The molecule has 11 nitrogen and oxygen atoms in total. The number of aryl methyl sites for hydroxylation is 2. The second-order valence-corrected chi connectivity index (χ2v) is 11.6. The van der Waals surface area contributed by atoms with Crippen LogP contribution < -0.4 is 15.4 Å². The van der Waals surface area contributed by atoms with Crippen LogP contribution in [-0.4, -0.2) is 55.4 Å². The number of carbonyl (C=O) groups excluding carboxylic acids is 3. The maximum Gasteiger partial charge on any atom is 0.274 e. The Morgan fingerprint density at radius 3 is 2.43 bits per heavy atom. The summed E-state index contributed by atoms with van der Waals surface area (Å²) in [6.07, 6.45) is 8.03. The van der Waals surface area contributed by atoms with Gasteiger partial charge >= 0.3 is 0 Å². The molecular weight excluding hydrogens is 534 g/mol. The first-order valence-electron chi connectivity index (χ1n) is 14.3. The second kappa shape index (κ2) is 11.4. The molecule has 0 aliphatic heterocycles. The molecule has 0 atom stereocenters. The summed E-state index contributed by atoms with van der Waals surface area (Å²) in [5.41, 5.74) is 1.97. The Labute approximate surface area is 244 Å². The van der Waals surface area contributed by atoms with Crippen LogP contribution in [0.25, 0.3) is 16.7 Å². The standard InChI is InChI=1S/C31H37N7O4/c1-18(2)33-29(40)24-25(34-28(39)22-16-23(42-6)35-38(22)27-19(3)11-10-14-32-27)20(4)15-21-17-37(36-26(21)24)30(41)31(5)12-8-7-9-13-31/h10-11,14-18H,7-9,12-13H2,1-6H3,(H,33,40)(H,34,39). The van der Waals surface area contributed by atoms with Crippen LogP contribution in [0.3, 0.4) is 0 Å². The fraction of sp³-hybridized carbons (Fsp3) is 0.419. The summed E-state index contributed by atoms with van der Waals surface area (Å²) < 4.78 is 8.11. The number of hydrogen-bond acceptors (Lipinski definition) is 7. The average molecular weight is 572 g/mol. The number of fused-ring (bicyclic) bond motifs is 1. The van der Waals surface area contributed by atoms with E-state index in [1.54, 1.807) is 18.5 Å². The summed E-state index contributed by atoms with van der Waals surface area (Å²) in [6.45, 7) is 9.38. The zero-order chi connectivity index (χ0) is 30.2. The number of hydrogen-bond donors (Lipinski definition) is 2. The third-order valence-corrected chi connectivity index (χ3v) is 7.87. The first-order chi connectivity index (χ1) is 20.0. The van der Waals surface area contributed by atoms with Crippen molar-refractivity contribution in [1.29, 1.82) is 0 Å². The molecule has 1 fully saturated rings. The third-order valence-electron chi connectivity index (χ3n) is 7.87. The molecule has 1 aromatic carbocycles. The molecule has 11 heteroatoms. The zero-order valence-electron chi connectivity index (χ0n) is 24.9. The predicted molar refractivity (Wildman–Crippen MR) is 159 cm³/mol. The van der Waals surface area contributed by atoms with E-state index in [0.29, 0.717) is 28.0 Å². The molecule has 0 radical (unpaired) electrons. The maximum atomic E-state index is 13.8. The predicted octanol–water partition coefficient (Wildman–Crippen LogP) is 5.24. The average Bonchev–Trinajstić information content (AvgIpc) is 3.57. The van der Waals surface area contributed by atoms with Crippen molar-refractivity contribution in [3.8, 4) is 11.7 Å². The van der Waals surface area contributed by atoms with Crippen LogP contribution in [0.2, 0.25) is 0 Å². The van der Waals surface area contributed by atoms with Crippen molar-refractivity contribution < 1.29 is 19.1 Å². The van der Waals surface area contributed by atoms with E-state index in [2.05, 4.69) is 25.8 Å². The highest BCUT2D eigenvalue weighted by atomic mass is 16.5. The molecule has 1 saturated carbocycles. The summed E-state index contributed by atoms with van der Waals surface area (Å²) in [4.78, 5) is 45.5. The number of nitrogens with one attached hydrogen (secondary N) is 2. The summed E-state index contributed by atoms with van der Waals surface area (Å²) in [5, 5.41) is 15.6. The molecule has 0 saturated heterocycles. The highest BCUT2D eigenvalue weighted by molar-refractivity contribution is 6.15. The number of rotatable bonds is 7. The quantitative estimate of drug-likeness (QED) is 0.310. The number of aromatic nitrogens is 5. The molecule has 2 N–H and O–H groups in total. The van der Waals surface area contributed by atoms with Crippen molar-refractivity contribution in [3.05, 3.63) is 59.0 Å². The Morgan fingerprint density at radius 2 is 1.76 bits per heavy atom. The summed E-state index contributed by atoms with van der Waals surface area (Å²) in [7, 11) is 1.47. The van der Waals surface area contributed by atoms with Crippen LogP contribution >= 0.6 is 0 Å². The molecule has 42 heavy (non-hydrogen) atoms. The number of amides is 2. The molecule has 0 bridgehead atoms. The van der Waals surface area contributed by atoms with Gasteiger partial charge in [-0.05, 0) is 63.8 Å². The lowest BCUT2D eigenvalue weighted by Gasteiger charge is -2.31. The Hall–Kier alpha value is -4.54. The first-order valence-corrected chi connectivity index (χ1v) is 14.3. The SMILES string of the molecule is COc1cc(C(=O)Nc2c(C)cc3cn(C(=O)C4(C)CCCCC4)nc3c2C(=O)NC(C)C)n(-c2ncccc2C)n1. The van der Waals surface area contributed by atoms with Gasteiger partial charge in [0.05, 0.1) is 18.4 Å². The Balaban J connectivity index is 1.60. The van der Waals surface area contributed by atoms with Crippen LogP contribution in [-0.2, 0) is 0 Å². The lowest BCUT2D eigenvalue weighted by atomic mass is 9.75. The van der Waals surface area contributed by atoms with Gasteiger partial charge in [-0.2, -0.15) is 5.10 Å². The Morgan fingerprint density at radius 1 is 1.02 bits per heavy atom. The summed E-state index contributed by atoms with van der Waals surface area (Å²) in [5.74, 6) is -0.282. The number of pyridine rings is 1. The van der Waals surface area contributed by atoms with Gasteiger partial charge in [-0.3, -0.25) is 14.4 Å². The van der Waals surface area contributed by atoms with Gasteiger partial charge in [0.25, 0.3) is 17.7 Å². The fourth-order valence-corrected chi connectivity index (χ4v) is 5.61. The minimum absolute atomic E-state index is 0.0846. The van der Waals surface area contributed by atoms with Crippen molar-refractivity contribution in [2.75, 3.05) is 12.4 Å². The van der Waals surface area contributed by atoms with Crippen LogP contribution in [0.1, 0.15) is 89.6 Å². The van der Waals surface area contributed by atoms with E-state index in [9.17, 15) is 14.4 Å². The summed E-state index contributed by atoms with van der Waals surface area (Å²) >= 11 is 0. The first kappa shape index (κ1) is 29.0. The normalized spacial score (nSPS) is 14.6. The summed E-state index contributed by atoms with van der Waals surface area (Å²) in [6, 6.07) is 6.85. The fourth-order valence-electron chi connectivity index (χ4n) is 5.61. The number of benzene rings is 1. The molecule has 0 unspecified atom stereocenters. The van der Waals surface area contributed by atoms with E-state index >= 15 is 0 Å². The van der Waals surface area contributed by atoms with Crippen molar-refractivity contribution >= 4 is 34.3 Å². The van der Waals surface area contributed by atoms with Gasteiger partial charge in [-0.15, -0.1) is 5.10 Å². The molecule has 5 rings (SSSR count). The van der Waals surface area contributed by atoms with Gasteiger partial charge in [0, 0.05) is 35.3 Å². The lowest BCUT2D eigenvalue weighted by molar-refractivity contribution is 0.0634. The van der Waals surface area contributed by atoms with E-state index in [4.69, 9.17) is 4.74 Å². The maximum absolute atomic E-state index is 13.8. The molecule has 220 valence electrons. The number of anilines is 1. The highest BCUT2D eigenvalue weighted by Gasteiger charge is 2.36. The minimum Gasteiger partial charge on any atom is -0.480 e. The zero-order valence-corrected chi connectivity index (χ0v) is 24.9. The number of ether oxygens (including phenoxy) is 1. The molecule has 1 aliphatic carbocycles. The largest absolute Gasteiger partial charge is 0.480 e. The molecule has 1 aliphatic rings. The van der Waals surface area contributed by atoms with Crippen LogP contribution in [0.4, 0.5) is 5.69 Å². The smallest absolute Gasteiger partial charge is 0.274 e. The molecule has 3 aromatic heterocycles. The van der Waals surface area contributed by atoms with Gasteiger partial charge in [0.15, 0.2) is 5.82 Å². The third kappa shape index (κ3) is 5.38. The van der Waals surface area contributed by atoms with Crippen molar-refractivity contribution in [2.24, 2.45) is 5.41 Å². The van der Waals surface area contributed by atoms with Crippen LogP contribution in [0.5, 0.6) is 5.88 Å². The number of carbonyl (C=O) groups is 3. The number of nitrogens with zero attached hydrogens (tertiary/aromatic N) is 5. The molecular formula is C31H37N7O4. The minimum atomic E-state index is -0.512. The van der Waals surface area contributed by atoms with Gasteiger partial charge in [0.2, 0.25) is 5.88 Å². The van der Waals surface area contributed by atoms with Gasteiger partial charge < -0.3 is 15.4 Å². The highest BCUT2D eigenvalue weighted by Crippen LogP contribution is 2.38. The van der Waals surface area contributed by atoms with E-state index in [0.717, 1.165) is 37.7 Å². The molecule has 2 amide bonds. The van der Waals surface area contributed by atoms with E-state index in [1.165, 1.54) is 22.5 Å². The molecule has 4 aromatic rings. The monoisotopic (exact) mass is 571 g/mol. The van der Waals surface area contributed by atoms with Crippen molar-refractivity contribution in [3.63, 3.8) is 0 Å². The van der Waals surface area contributed by atoms with Crippen LogP contribution in [0, 0.1) is 19.3 Å². The van der Waals surface area contributed by atoms with E-state index < -0.39 is 17.2 Å². The molecule has 3 heterocycles. The van der Waals surface area contributed by atoms with Crippen molar-refractivity contribution in [2.45, 2.75) is 72.8 Å². The van der Waals surface area contributed by atoms with Crippen molar-refractivity contribution in [1.82, 2.24) is 29.9 Å². The second-order valence-electron chi connectivity index (χ2n) is 11.6. The van der Waals surface area contributed by atoms with E-state index in [1.807, 2.05) is 46.8 Å². The van der Waals surface area contributed by atoms with Gasteiger partial charge in [0.1, 0.15) is 11.2 Å². The van der Waals surface area contributed by atoms with Gasteiger partial charge in [-0.25, -0.2) is 14.3 Å². The Kier molecular flexibility index (Phi) is 7.85.